The molecule has 0 aliphatic carbocycles. The highest BCUT2D eigenvalue weighted by atomic mass is 32.2. The summed E-state index contributed by atoms with van der Waals surface area (Å²) in [5, 5.41) is 5.75. The Labute approximate surface area is 90.8 Å². The Morgan fingerprint density at radius 1 is 1.25 bits per heavy atom. The molecular weight excluding hydrogens is 232 g/mol. The maximum absolute atomic E-state index is 11.2. The first kappa shape index (κ1) is 10.6. The van der Waals surface area contributed by atoms with Crippen LogP contribution >= 0.6 is 0 Å². The number of nitrogens with zero attached hydrogens (tertiary/aromatic N) is 1. The Morgan fingerprint density at radius 3 is 2.31 bits per heavy atom. The van der Waals surface area contributed by atoms with Crippen LogP contribution in [-0.4, -0.2) is 24.9 Å². The van der Waals surface area contributed by atoms with Gasteiger partial charge in [0, 0.05) is 11.8 Å². The molecule has 2 aromatic rings. The quantitative estimate of drug-likeness (QED) is 0.821. The molecule has 0 spiro atoms. The van der Waals surface area contributed by atoms with Crippen LogP contribution in [-0.2, 0) is 9.84 Å². The van der Waals surface area contributed by atoms with Crippen molar-refractivity contribution in [3.05, 3.63) is 34.8 Å². The van der Waals surface area contributed by atoms with E-state index in [1.807, 2.05) is 0 Å². The third kappa shape index (κ3) is 2.03. The van der Waals surface area contributed by atoms with Crippen molar-refractivity contribution in [3.63, 3.8) is 0 Å². The van der Waals surface area contributed by atoms with Crippen molar-refractivity contribution in [1.82, 2.24) is 10.2 Å². The van der Waals surface area contributed by atoms with Gasteiger partial charge in [0.1, 0.15) is 0 Å². The molecule has 7 heteroatoms. The number of benzene rings is 1. The van der Waals surface area contributed by atoms with E-state index in [0.29, 0.717) is 5.56 Å². The van der Waals surface area contributed by atoms with Crippen molar-refractivity contribution in [2.24, 2.45) is 0 Å². The van der Waals surface area contributed by atoms with Gasteiger partial charge in [0.05, 0.1) is 4.90 Å². The van der Waals surface area contributed by atoms with Crippen LogP contribution in [0.1, 0.15) is 0 Å². The fourth-order valence-electron chi connectivity index (χ4n) is 1.20. The maximum Gasteiger partial charge on any atom is 0.434 e. The number of aromatic nitrogens is 2. The predicted molar refractivity (Wildman–Crippen MR) is 55.7 cm³/mol. The lowest BCUT2D eigenvalue weighted by molar-refractivity contribution is 0.527. The third-order valence-electron chi connectivity index (χ3n) is 1.97. The van der Waals surface area contributed by atoms with Crippen molar-refractivity contribution < 1.29 is 12.8 Å². The summed E-state index contributed by atoms with van der Waals surface area (Å²) in [7, 11) is -3.22. The molecule has 2 rings (SSSR count). The van der Waals surface area contributed by atoms with E-state index >= 15 is 0 Å². The molecule has 0 bridgehead atoms. The molecule has 0 amide bonds. The average molecular weight is 240 g/mol. The maximum atomic E-state index is 11.2. The zero-order chi connectivity index (χ0) is 11.8. The molecule has 0 atom stereocenters. The molecule has 1 N–H and O–H groups in total. The summed E-state index contributed by atoms with van der Waals surface area (Å²) in [4.78, 5) is 10.9. The van der Waals surface area contributed by atoms with Gasteiger partial charge in [0.15, 0.2) is 9.84 Å². The van der Waals surface area contributed by atoms with Gasteiger partial charge in [-0.25, -0.2) is 18.3 Å². The molecule has 0 fully saturated rings. The fraction of sp³-hybridized carbons (Fsp3) is 0.111. The minimum atomic E-state index is -3.22. The summed E-state index contributed by atoms with van der Waals surface area (Å²) >= 11 is 0. The lowest BCUT2D eigenvalue weighted by Gasteiger charge is -1.98. The van der Waals surface area contributed by atoms with Crippen molar-refractivity contribution in [2.75, 3.05) is 6.26 Å². The molecule has 0 saturated heterocycles. The molecule has 0 radical (unpaired) electrons. The Balaban J connectivity index is 2.44. The van der Waals surface area contributed by atoms with E-state index < -0.39 is 15.6 Å². The van der Waals surface area contributed by atoms with Gasteiger partial charge >= 0.3 is 5.76 Å². The number of hydrogen-bond acceptors (Lipinski definition) is 5. The van der Waals surface area contributed by atoms with Crippen molar-refractivity contribution in [3.8, 4) is 11.5 Å². The highest BCUT2D eigenvalue weighted by Crippen LogP contribution is 2.17. The van der Waals surface area contributed by atoms with Crippen molar-refractivity contribution >= 4 is 9.84 Å². The second-order valence-corrected chi connectivity index (χ2v) is 5.23. The molecule has 6 nitrogen and oxygen atoms in total. The largest absolute Gasteiger partial charge is 0.434 e. The van der Waals surface area contributed by atoms with E-state index in [1.54, 1.807) is 0 Å². The Kier molecular flexibility index (Phi) is 2.39. The molecule has 1 heterocycles. The van der Waals surface area contributed by atoms with E-state index in [9.17, 15) is 13.2 Å². The standard InChI is InChI=1S/C9H8N2O4S/c1-16(13,14)7-4-2-6(3-5-7)8-10-11-9(12)15-8/h2-5H,1H3,(H,11,12). The Morgan fingerprint density at radius 2 is 1.88 bits per heavy atom. The normalized spacial score (nSPS) is 11.6. The van der Waals surface area contributed by atoms with Gasteiger partial charge in [0.25, 0.3) is 0 Å². The highest BCUT2D eigenvalue weighted by molar-refractivity contribution is 7.90. The van der Waals surface area contributed by atoms with Gasteiger partial charge in [-0.2, -0.15) is 0 Å². The first-order chi connectivity index (χ1) is 7.47. The number of aromatic amines is 1. The van der Waals surface area contributed by atoms with Gasteiger partial charge in [-0.1, -0.05) is 0 Å². The summed E-state index contributed by atoms with van der Waals surface area (Å²) in [5.74, 6) is -0.521. The second kappa shape index (κ2) is 3.60. The summed E-state index contributed by atoms with van der Waals surface area (Å²) in [5.41, 5.74) is 0.533. The zero-order valence-corrected chi connectivity index (χ0v) is 9.11. The number of H-pyrrole nitrogens is 1. The van der Waals surface area contributed by atoms with Gasteiger partial charge in [-0.3, -0.25) is 0 Å². The van der Waals surface area contributed by atoms with Crippen LogP contribution in [0.5, 0.6) is 0 Å². The van der Waals surface area contributed by atoms with Crippen LogP contribution in [0.2, 0.25) is 0 Å². The zero-order valence-electron chi connectivity index (χ0n) is 8.30. The van der Waals surface area contributed by atoms with E-state index in [-0.39, 0.29) is 10.8 Å². The Bertz CT molecular complexity index is 651. The van der Waals surface area contributed by atoms with Crippen molar-refractivity contribution in [1.29, 1.82) is 0 Å². The summed E-state index contributed by atoms with van der Waals surface area (Å²) in [6.45, 7) is 0. The molecule has 0 aliphatic heterocycles. The SMILES string of the molecule is CS(=O)(=O)c1ccc(-c2n[nH]c(=O)o2)cc1. The monoisotopic (exact) mass is 240 g/mol. The predicted octanol–water partition coefficient (Wildman–Crippen LogP) is 0.433. The van der Waals surface area contributed by atoms with Crippen LogP contribution < -0.4 is 5.76 Å². The number of rotatable bonds is 2. The first-order valence-corrected chi connectivity index (χ1v) is 6.22. The Hall–Kier alpha value is -1.89. The summed E-state index contributed by atoms with van der Waals surface area (Å²) in [6, 6.07) is 5.91. The van der Waals surface area contributed by atoms with Crippen LogP contribution in [0.3, 0.4) is 0 Å². The van der Waals surface area contributed by atoms with Gasteiger partial charge in [0.2, 0.25) is 5.89 Å². The smallest absolute Gasteiger partial charge is 0.388 e. The molecule has 0 saturated carbocycles. The van der Waals surface area contributed by atoms with Crippen LogP contribution in [0.4, 0.5) is 0 Å². The highest BCUT2D eigenvalue weighted by Gasteiger charge is 2.09. The van der Waals surface area contributed by atoms with Crippen LogP contribution in [0.15, 0.2) is 38.4 Å². The van der Waals surface area contributed by atoms with Gasteiger partial charge < -0.3 is 4.42 Å². The average Bonchev–Trinajstić information content (AvgIpc) is 2.64. The minimum absolute atomic E-state index is 0.130. The summed E-state index contributed by atoms with van der Waals surface area (Å²) in [6.07, 6.45) is 1.12. The second-order valence-electron chi connectivity index (χ2n) is 3.21. The van der Waals surface area contributed by atoms with E-state index in [0.717, 1.165) is 6.26 Å². The molecule has 0 aliphatic rings. The molecule has 84 valence electrons. The first-order valence-electron chi connectivity index (χ1n) is 4.33. The molecule has 1 aromatic heterocycles. The van der Waals surface area contributed by atoms with Crippen LogP contribution in [0, 0.1) is 0 Å². The summed E-state index contributed by atoms with van der Waals surface area (Å²) < 4.78 is 27.1. The minimum Gasteiger partial charge on any atom is -0.388 e. The van der Waals surface area contributed by atoms with Crippen LogP contribution in [0.25, 0.3) is 11.5 Å². The van der Waals surface area contributed by atoms with E-state index in [2.05, 4.69) is 10.2 Å². The number of sulfone groups is 1. The molecule has 1 aromatic carbocycles. The van der Waals surface area contributed by atoms with Gasteiger partial charge in [-0.05, 0) is 24.3 Å². The lowest BCUT2D eigenvalue weighted by Crippen LogP contribution is -1.96. The van der Waals surface area contributed by atoms with E-state index in [1.165, 1.54) is 24.3 Å². The molecule has 16 heavy (non-hydrogen) atoms. The number of hydrogen-bond donors (Lipinski definition) is 1. The molecular formula is C9H8N2O4S. The molecule has 0 unspecified atom stereocenters. The third-order valence-corrected chi connectivity index (χ3v) is 3.10. The van der Waals surface area contributed by atoms with Crippen molar-refractivity contribution in [2.45, 2.75) is 4.90 Å². The lowest BCUT2D eigenvalue weighted by atomic mass is 10.2. The topological polar surface area (TPSA) is 93.0 Å². The number of nitrogens with one attached hydrogen (secondary N) is 1. The van der Waals surface area contributed by atoms with E-state index in [4.69, 9.17) is 4.42 Å². The fourth-order valence-corrected chi connectivity index (χ4v) is 1.83. The van der Waals surface area contributed by atoms with Gasteiger partial charge in [-0.15, -0.1) is 5.10 Å².